The second-order valence-corrected chi connectivity index (χ2v) is 7.47. The van der Waals surface area contributed by atoms with Crippen LogP contribution in [-0.4, -0.2) is 37.9 Å². The number of rotatable bonds is 2. The zero-order valence-electron chi connectivity index (χ0n) is 11.0. The second-order valence-electron chi connectivity index (χ2n) is 5.58. The van der Waals surface area contributed by atoms with E-state index in [-0.39, 0.29) is 6.04 Å². The lowest BCUT2D eigenvalue weighted by Gasteiger charge is -2.26. The maximum Gasteiger partial charge on any atom is 0.243 e. The minimum absolute atomic E-state index is 0.122. The SMILES string of the molecule is O=S(=O)(c1ccc2ccccc2c1)N1C[C@H]2C[C@@H]1CN2. The molecule has 2 fully saturated rings. The lowest BCUT2D eigenvalue weighted by Crippen LogP contribution is -2.46. The summed E-state index contributed by atoms with van der Waals surface area (Å²) in [5.41, 5.74) is 0. The molecule has 0 aliphatic carbocycles. The maximum atomic E-state index is 12.8. The fraction of sp³-hybridized carbons (Fsp3) is 0.333. The molecule has 0 radical (unpaired) electrons. The van der Waals surface area contributed by atoms with Crippen molar-refractivity contribution in [2.24, 2.45) is 0 Å². The minimum atomic E-state index is -3.37. The van der Waals surface area contributed by atoms with E-state index in [1.165, 1.54) is 0 Å². The number of hydrogen-bond donors (Lipinski definition) is 1. The Hall–Kier alpha value is -1.43. The fourth-order valence-electron chi connectivity index (χ4n) is 3.28. The molecule has 2 aromatic carbocycles. The summed E-state index contributed by atoms with van der Waals surface area (Å²) in [6, 6.07) is 13.7. The molecule has 2 heterocycles. The molecule has 2 saturated heterocycles. The first kappa shape index (κ1) is 12.3. The molecule has 2 aromatic rings. The zero-order valence-corrected chi connectivity index (χ0v) is 11.8. The molecule has 2 bridgehead atoms. The van der Waals surface area contributed by atoms with Crippen LogP contribution < -0.4 is 5.32 Å². The predicted octanol–water partition coefficient (Wildman–Crippen LogP) is 1.57. The third-order valence-electron chi connectivity index (χ3n) is 4.33. The number of benzene rings is 2. The molecule has 0 unspecified atom stereocenters. The first-order valence-electron chi connectivity index (χ1n) is 6.89. The van der Waals surface area contributed by atoms with E-state index in [4.69, 9.17) is 0 Å². The highest BCUT2D eigenvalue weighted by Crippen LogP contribution is 2.30. The summed E-state index contributed by atoms with van der Waals surface area (Å²) in [6.07, 6.45) is 0.937. The van der Waals surface area contributed by atoms with E-state index in [0.717, 1.165) is 23.7 Å². The van der Waals surface area contributed by atoms with Crippen LogP contribution in [0.4, 0.5) is 0 Å². The van der Waals surface area contributed by atoms with Crippen LogP contribution in [0.15, 0.2) is 47.4 Å². The minimum Gasteiger partial charge on any atom is -0.311 e. The summed E-state index contributed by atoms with van der Waals surface area (Å²) < 4.78 is 27.2. The lowest BCUT2D eigenvalue weighted by molar-refractivity contribution is 0.349. The summed E-state index contributed by atoms with van der Waals surface area (Å²) in [7, 11) is -3.37. The number of sulfonamides is 1. The standard InChI is InChI=1S/C15H16N2O2S/c18-20(19,17-10-13-8-14(17)9-16-13)15-6-5-11-3-1-2-4-12(11)7-15/h1-7,13-14,16H,8-10H2/t13-,14-/m1/s1. The van der Waals surface area contributed by atoms with E-state index in [1.807, 2.05) is 30.3 Å². The van der Waals surface area contributed by atoms with Crippen LogP contribution in [0.2, 0.25) is 0 Å². The Bertz CT molecular complexity index is 772. The van der Waals surface area contributed by atoms with Gasteiger partial charge < -0.3 is 5.32 Å². The van der Waals surface area contributed by atoms with Crippen molar-refractivity contribution >= 4 is 20.8 Å². The van der Waals surface area contributed by atoms with Crippen molar-refractivity contribution in [1.29, 1.82) is 0 Å². The summed E-state index contributed by atoms with van der Waals surface area (Å²) in [6.45, 7) is 1.37. The van der Waals surface area contributed by atoms with Gasteiger partial charge >= 0.3 is 0 Å². The van der Waals surface area contributed by atoms with Gasteiger partial charge in [0.25, 0.3) is 0 Å². The topological polar surface area (TPSA) is 49.4 Å². The van der Waals surface area contributed by atoms with E-state index in [9.17, 15) is 8.42 Å². The smallest absolute Gasteiger partial charge is 0.243 e. The highest BCUT2D eigenvalue weighted by molar-refractivity contribution is 7.89. The molecule has 0 amide bonds. The van der Waals surface area contributed by atoms with Gasteiger partial charge in [-0.3, -0.25) is 0 Å². The van der Waals surface area contributed by atoms with Crippen molar-refractivity contribution in [1.82, 2.24) is 9.62 Å². The summed E-state index contributed by atoms with van der Waals surface area (Å²) in [5.74, 6) is 0. The Labute approximate surface area is 118 Å². The van der Waals surface area contributed by atoms with Crippen LogP contribution in [0.1, 0.15) is 6.42 Å². The highest BCUT2D eigenvalue weighted by atomic mass is 32.2. The van der Waals surface area contributed by atoms with Crippen LogP contribution >= 0.6 is 0 Å². The molecule has 1 N–H and O–H groups in total. The molecule has 2 aliphatic heterocycles. The Balaban J connectivity index is 1.77. The maximum absolute atomic E-state index is 12.8. The second kappa shape index (κ2) is 4.28. The third-order valence-corrected chi connectivity index (χ3v) is 6.25. The Morgan fingerprint density at radius 2 is 1.90 bits per heavy atom. The van der Waals surface area contributed by atoms with Gasteiger partial charge in [0.2, 0.25) is 10.0 Å². The van der Waals surface area contributed by atoms with Crippen molar-refractivity contribution in [3.05, 3.63) is 42.5 Å². The van der Waals surface area contributed by atoms with Crippen molar-refractivity contribution in [3.63, 3.8) is 0 Å². The van der Waals surface area contributed by atoms with Crippen molar-refractivity contribution in [2.45, 2.75) is 23.4 Å². The summed E-state index contributed by atoms with van der Waals surface area (Å²) in [4.78, 5) is 0.406. The van der Waals surface area contributed by atoms with Gasteiger partial charge in [-0.05, 0) is 29.3 Å². The number of nitrogens with zero attached hydrogens (tertiary/aromatic N) is 1. The number of nitrogens with one attached hydrogen (secondary N) is 1. The van der Waals surface area contributed by atoms with Crippen molar-refractivity contribution in [3.8, 4) is 0 Å². The molecule has 0 aromatic heterocycles. The van der Waals surface area contributed by atoms with Gasteiger partial charge in [-0.15, -0.1) is 0 Å². The first-order chi connectivity index (χ1) is 9.64. The zero-order chi connectivity index (χ0) is 13.7. The largest absolute Gasteiger partial charge is 0.311 e. The highest BCUT2D eigenvalue weighted by Gasteiger charge is 2.44. The molecule has 20 heavy (non-hydrogen) atoms. The number of hydrogen-bond acceptors (Lipinski definition) is 3. The van der Waals surface area contributed by atoms with Gasteiger partial charge in [-0.2, -0.15) is 4.31 Å². The van der Waals surface area contributed by atoms with Crippen LogP contribution in [-0.2, 0) is 10.0 Å². The quantitative estimate of drug-likeness (QED) is 0.912. The van der Waals surface area contributed by atoms with E-state index in [1.54, 1.807) is 16.4 Å². The molecule has 2 aliphatic rings. The molecule has 4 rings (SSSR count). The molecular formula is C15H16N2O2S. The monoisotopic (exact) mass is 288 g/mol. The van der Waals surface area contributed by atoms with Gasteiger partial charge in [0, 0.05) is 25.2 Å². The number of piperazine rings is 1. The van der Waals surface area contributed by atoms with E-state index in [0.29, 0.717) is 17.5 Å². The average Bonchev–Trinajstić information content (AvgIpc) is 3.09. The van der Waals surface area contributed by atoms with Gasteiger partial charge in [0.15, 0.2) is 0 Å². The molecule has 104 valence electrons. The van der Waals surface area contributed by atoms with E-state index >= 15 is 0 Å². The lowest BCUT2D eigenvalue weighted by atomic mass is 10.1. The van der Waals surface area contributed by atoms with Crippen LogP contribution in [0.5, 0.6) is 0 Å². The van der Waals surface area contributed by atoms with Crippen LogP contribution in [0, 0.1) is 0 Å². The predicted molar refractivity (Wildman–Crippen MR) is 78.0 cm³/mol. The van der Waals surface area contributed by atoms with Gasteiger partial charge in [0.1, 0.15) is 0 Å². The fourth-order valence-corrected chi connectivity index (χ4v) is 5.00. The van der Waals surface area contributed by atoms with Crippen LogP contribution in [0.3, 0.4) is 0 Å². The summed E-state index contributed by atoms with van der Waals surface area (Å²) in [5, 5.41) is 5.37. The molecule has 0 spiro atoms. The molecule has 4 nitrogen and oxygen atoms in total. The molecule has 0 saturated carbocycles. The normalized spacial score (nSPS) is 26.4. The van der Waals surface area contributed by atoms with Crippen molar-refractivity contribution in [2.75, 3.05) is 13.1 Å². The van der Waals surface area contributed by atoms with Gasteiger partial charge in [0.05, 0.1) is 4.90 Å². The molecular weight excluding hydrogens is 272 g/mol. The third kappa shape index (κ3) is 1.78. The Kier molecular flexibility index (Phi) is 2.64. The molecule has 2 atom stereocenters. The first-order valence-corrected chi connectivity index (χ1v) is 8.33. The Morgan fingerprint density at radius 3 is 2.60 bits per heavy atom. The van der Waals surface area contributed by atoms with E-state index in [2.05, 4.69) is 5.32 Å². The number of fused-ring (bicyclic) bond motifs is 3. The van der Waals surface area contributed by atoms with Crippen molar-refractivity contribution < 1.29 is 8.42 Å². The molecule has 5 heteroatoms. The van der Waals surface area contributed by atoms with Crippen LogP contribution in [0.25, 0.3) is 10.8 Å². The average molecular weight is 288 g/mol. The van der Waals surface area contributed by atoms with Gasteiger partial charge in [-0.1, -0.05) is 30.3 Å². The van der Waals surface area contributed by atoms with Gasteiger partial charge in [-0.25, -0.2) is 8.42 Å². The van der Waals surface area contributed by atoms with E-state index < -0.39 is 10.0 Å². The Morgan fingerprint density at radius 1 is 1.10 bits per heavy atom. The summed E-state index contributed by atoms with van der Waals surface area (Å²) >= 11 is 0.